The van der Waals surface area contributed by atoms with Gasteiger partial charge in [-0.3, -0.25) is 14.6 Å². The van der Waals surface area contributed by atoms with E-state index in [9.17, 15) is 18.0 Å². The zero-order valence-electron chi connectivity index (χ0n) is 18.8. The van der Waals surface area contributed by atoms with Gasteiger partial charge in [0.25, 0.3) is 5.56 Å². The van der Waals surface area contributed by atoms with Crippen LogP contribution in [-0.4, -0.2) is 55.0 Å². The lowest BCUT2D eigenvalue weighted by Crippen LogP contribution is -2.49. The summed E-state index contributed by atoms with van der Waals surface area (Å²) in [7, 11) is -2.25. The Bertz CT molecular complexity index is 1410. The molecule has 2 bridgehead atoms. The number of hydrogen-bond acceptors (Lipinski definition) is 6. The number of benzene rings is 1. The van der Waals surface area contributed by atoms with Crippen molar-refractivity contribution in [2.45, 2.75) is 30.2 Å². The highest BCUT2D eigenvalue weighted by molar-refractivity contribution is 7.89. The van der Waals surface area contributed by atoms with Gasteiger partial charge in [-0.15, -0.1) is 0 Å². The number of methoxy groups -OCH3 is 1. The van der Waals surface area contributed by atoms with Crippen LogP contribution in [0.25, 0.3) is 10.9 Å². The lowest BCUT2D eigenvalue weighted by molar-refractivity contribution is -0.117. The Morgan fingerprint density at radius 1 is 1.15 bits per heavy atom. The van der Waals surface area contributed by atoms with E-state index in [0.717, 1.165) is 17.5 Å². The molecule has 2 aliphatic rings. The molecule has 0 spiro atoms. The normalized spacial score (nSPS) is 20.1. The fraction of sp³-hybridized carbons (Fsp3) is 0.375. The molecule has 2 aromatic heterocycles. The van der Waals surface area contributed by atoms with E-state index in [1.54, 1.807) is 35.0 Å². The number of carbonyl (C=O) groups excluding carboxylic acids is 1. The summed E-state index contributed by atoms with van der Waals surface area (Å²) >= 11 is 0. The van der Waals surface area contributed by atoms with Crippen LogP contribution in [0.4, 0.5) is 5.69 Å². The van der Waals surface area contributed by atoms with E-state index in [4.69, 9.17) is 4.74 Å². The van der Waals surface area contributed by atoms with Gasteiger partial charge in [-0.1, -0.05) is 18.2 Å². The topological polar surface area (TPSA) is 111 Å². The Morgan fingerprint density at radius 3 is 2.79 bits per heavy atom. The maximum Gasteiger partial charge on any atom is 0.274 e. The van der Waals surface area contributed by atoms with Gasteiger partial charge in [0.1, 0.15) is 10.6 Å². The number of nitrogens with one attached hydrogen (secondary N) is 1. The fourth-order valence-electron chi connectivity index (χ4n) is 5.02. The lowest BCUT2D eigenvalue weighted by Gasteiger charge is -2.42. The van der Waals surface area contributed by atoms with E-state index in [1.807, 2.05) is 18.2 Å². The van der Waals surface area contributed by atoms with Crippen LogP contribution in [0.2, 0.25) is 0 Å². The summed E-state index contributed by atoms with van der Waals surface area (Å²) in [4.78, 5) is 29.7. The second-order valence-corrected chi connectivity index (χ2v) is 10.7. The molecule has 4 heterocycles. The number of rotatable bonds is 6. The quantitative estimate of drug-likeness (QED) is 0.577. The highest BCUT2D eigenvalue weighted by atomic mass is 32.2. The van der Waals surface area contributed by atoms with Crippen molar-refractivity contribution in [1.82, 2.24) is 13.9 Å². The van der Waals surface area contributed by atoms with E-state index in [-0.39, 0.29) is 46.9 Å². The van der Waals surface area contributed by atoms with Crippen LogP contribution >= 0.6 is 0 Å². The highest BCUT2D eigenvalue weighted by Gasteiger charge is 2.40. The summed E-state index contributed by atoms with van der Waals surface area (Å²) in [6.07, 6.45) is 2.58. The highest BCUT2D eigenvalue weighted by Crippen LogP contribution is 2.38. The molecular weight excluding hydrogens is 456 g/mol. The number of aromatic nitrogens is 2. The lowest BCUT2D eigenvalue weighted by atomic mass is 9.84. The maximum atomic E-state index is 13.6. The van der Waals surface area contributed by atoms with Gasteiger partial charge in [0.2, 0.25) is 15.9 Å². The van der Waals surface area contributed by atoms with Gasteiger partial charge in [0.15, 0.2) is 0 Å². The molecule has 0 radical (unpaired) electrons. The van der Waals surface area contributed by atoms with Gasteiger partial charge in [0, 0.05) is 49.9 Å². The summed E-state index contributed by atoms with van der Waals surface area (Å²) in [5.41, 5.74) is 1.24. The largest absolute Gasteiger partial charge is 0.384 e. The maximum absolute atomic E-state index is 13.6. The van der Waals surface area contributed by atoms with Crippen LogP contribution in [0.1, 0.15) is 24.5 Å². The molecule has 0 aliphatic carbocycles. The standard InChI is InChI=1S/C24H26N4O5S/c1-33-11-9-22(29)26-19-7-8-20-18-12-16(14-28(20)24(19)30)13-27(15-18)34(31,32)21-6-2-4-17-5-3-10-25-23(17)21/h2-8,10,16,18H,9,11-15H2,1H3,(H,26,29)/t16-,18+/m0/s1. The van der Waals surface area contributed by atoms with Crippen molar-refractivity contribution in [1.29, 1.82) is 0 Å². The monoisotopic (exact) mass is 482 g/mol. The predicted molar refractivity (Wildman–Crippen MR) is 127 cm³/mol. The number of ether oxygens (including phenoxy) is 1. The van der Waals surface area contributed by atoms with Crippen molar-refractivity contribution in [3.8, 4) is 0 Å². The van der Waals surface area contributed by atoms with Crippen LogP contribution in [0.15, 0.2) is 58.4 Å². The Hall–Kier alpha value is -3.08. The first-order valence-electron chi connectivity index (χ1n) is 11.2. The molecule has 178 valence electrons. The summed E-state index contributed by atoms with van der Waals surface area (Å²) in [6, 6.07) is 12.3. The molecular formula is C24H26N4O5S. The molecule has 10 heteroatoms. The first-order chi connectivity index (χ1) is 16.4. The van der Waals surface area contributed by atoms with Gasteiger partial charge in [-0.2, -0.15) is 4.31 Å². The van der Waals surface area contributed by atoms with Gasteiger partial charge < -0.3 is 14.6 Å². The van der Waals surface area contributed by atoms with Gasteiger partial charge in [-0.25, -0.2) is 8.42 Å². The number of carbonyl (C=O) groups is 1. The van der Waals surface area contributed by atoms with E-state index in [1.165, 1.54) is 11.4 Å². The number of amides is 1. The minimum Gasteiger partial charge on any atom is -0.384 e. The number of fused-ring (bicyclic) bond motifs is 5. The predicted octanol–water partition coefficient (Wildman–Crippen LogP) is 2.18. The molecule has 1 aromatic carbocycles. The van der Waals surface area contributed by atoms with Crippen molar-refractivity contribution in [3.63, 3.8) is 0 Å². The summed E-state index contributed by atoms with van der Waals surface area (Å²) in [5.74, 6) is -0.381. The van der Waals surface area contributed by atoms with Crippen LogP contribution in [0, 0.1) is 5.92 Å². The molecule has 1 N–H and O–H groups in total. The van der Waals surface area contributed by atoms with Crippen molar-refractivity contribution in [2.24, 2.45) is 5.92 Å². The number of sulfonamides is 1. The molecule has 5 rings (SSSR count). The van der Waals surface area contributed by atoms with Gasteiger partial charge in [0.05, 0.1) is 18.5 Å². The molecule has 0 saturated carbocycles. The van der Waals surface area contributed by atoms with Gasteiger partial charge in [-0.05, 0) is 36.6 Å². The molecule has 9 nitrogen and oxygen atoms in total. The third kappa shape index (κ3) is 4.02. The number of nitrogens with zero attached hydrogens (tertiary/aromatic N) is 3. The molecule has 3 aromatic rings. The second kappa shape index (κ2) is 8.94. The Labute approximate surface area is 197 Å². The number of anilines is 1. The van der Waals surface area contributed by atoms with Crippen molar-refractivity contribution in [2.75, 3.05) is 32.1 Å². The number of hydrogen-bond donors (Lipinski definition) is 1. The Balaban J connectivity index is 1.43. The molecule has 2 aliphatic heterocycles. The molecule has 2 atom stereocenters. The first kappa shape index (κ1) is 22.7. The second-order valence-electron chi connectivity index (χ2n) is 8.83. The summed E-state index contributed by atoms with van der Waals surface area (Å²) in [6.45, 7) is 1.31. The average Bonchev–Trinajstić information content (AvgIpc) is 2.84. The summed E-state index contributed by atoms with van der Waals surface area (Å²) in [5, 5.41) is 3.44. The van der Waals surface area contributed by atoms with Crippen LogP contribution < -0.4 is 10.9 Å². The third-order valence-electron chi connectivity index (χ3n) is 6.59. The molecule has 1 saturated heterocycles. The number of para-hydroxylation sites is 1. The van der Waals surface area contributed by atoms with E-state index < -0.39 is 10.0 Å². The Morgan fingerprint density at radius 2 is 1.97 bits per heavy atom. The minimum absolute atomic E-state index is 0.00102. The first-order valence-corrected chi connectivity index (χ1v) is 12.7. The minimum atomic E-state index is -3.76. The smallest absolute Gasteiger partial charge is 0.274 e. The van der Waals surface area contributed by atoms with Crippen LogP contribution in [0.3, 0.4) is 0 Å². The molecule has 1 amide bonds. The van der Waals surface area contributed by atoms with Crippen molar-refractivity contribution in [3.05, 3.63) is 64.7 Å². The third-order valence-corrected chi connectivity index (χ3v) is 8.45. The molecule has 0 unspecified atom stereocenters. The Kier molecular flexibility index (Phi) is 5.97. The van der Waals surface area contributed by atoms with Crippen LogP contribution in [-0.2, 0) is 26.1 Å². The molecule has 1 fully saturated rings. The van der Waals surface area contributed by atoms with Crippen molar-refractivity contribution >= 4 is 32.5 Å². The van der Waals surface area contributed by atoms with Gasteiger partial charge >= 0.3 is 0 Å². The fourth-order valence-corrected chi connectivity index (χ4v) is 6.75. The molecule has 34 heavy (non-hydrogen) atoms. The summed E-state index contributed by atoms with van der Waals surface area (Å²) < 4.78 is 35.4. The van der Waals surface area contributed by atoms with Crippen LogP contribution in [0.5, 0.6) is 0 Å². The van der Waals surface area contributed by atoms with Crippen molar-refractivity contribution < 1.29 is 17.9 Å². The average molecular weight is 483 g/mol. The van der Waals surface area contributed by atoms with E-state index >= 15 is 0 Å². The number of pyridine rings is 2. The van der Waals surface area contributed by atoms with E-state index in [0.29, 0.717) is 25.2 Å². The zero-order chi connectivity index (χ0) is 23.9. The van der Waals surface area contributed by atoms with E-state index in [2.05, 4.69) is 10.3 Å². The number of piperidine rings is 1. The SMILES string of the molecule is COCCC(=O)Nc1ccc2n(c1=O)C[C@H]1C[C@@H]2CN(S(=O)(=O)c2cccc3cccnc23)C1. The zero-order valence-corrected chi connectivity index (χ0v) is 19.6.